The Morgan fingerprint density at radius 1 is 0.818 bits per heavy atom. The summed E-state index contributed by atoms with van der Waals surface area (Å²) in [4.78, 5) is 12.3. The van der Waals surface area contributed by atoms with Crippen LogP contribution in [0.5, 0.6) is 0 Å². The van der Waals surface area contributed by atoms with Crippen LogP contribution in [0.25, 0.3) is 0 Å². The summed E-state index contributed by atoms with van der Waals surface area (Å²) in [6.45, 7) is 13.7. The van der Waals surface area contributed by atoms with Crippen LogP contribution in [0.3, 0.4) is 0 Å². The average molecular weight is 466 g/mol. The van der Waals surface area contributed by atoms with E-state index in [0.717, 1.165) is 32.1 Å². The molecule has 0 aliphatic carbocycles. The lowest BCUT2D eigenvalue weighted by atomic mass is 9.61. The number of nitrogens with one attached hydrogen (secondary N) is 1. The molecule has 0 spiro atoms. The van der Waals surface area contributed by atoms with Crippen LogP contribution in [0.15, 0.2) is 0 Å². The highest BCUT2D eigenvalue weighted by atomic mass is 16.4. The summed E-state index contributed by atoms with van der Waals surface area (Å²) in [6, 6.07) is 0. The quantitative estimate of drug-likeness (QED) is 0.187. The molecule has 1 heterocycles. The molecule has 1 fully saturated rings. The van der Waals surface area contributed by atoms with Gasteiger partial charge in [0.2, 0.25) is 0 Å². The van der Waals surface area contributed by atoms with E-state index in [9.17, 15) is 9.90 Å². The number of unbranched alkanes of at least 4 members (excludes halogenated alkanes) is 13. The predicted molar refractivity (Wildman–Crippen MR) is 144 cm³/mol. The molecule has 0 aromatic rings. The van der Waals surface area contributed by atoms with Crippen LogP contribution in [-0.4, -0.2) is 22.2 Å². The van der Waals surface area contributed by atoms with E-state index in [2.05, 4.69) is 46.9 Å². The van der Waals surface area contributed by atoms with Gasteiger partial charge in [-0.25, -0.2) is 0 Å². The SMILES string of the molecule is CCCCCCCCCCCCCCCCC(C(=O)O)C1CC(C)(CC)NC(C)(CC)C1C. The van der Waals surface area contributed by atoms with Crippen molar-refractivity contribution in [3.8, 4) is 0 Å². The number of hydrogen-bond acceptors (Lipinski definition) is 2. The fraction of sp³-hybridized carbons (Fsp3) is 0.967. The molecule has 3 heteroatoms. The lowest BCUT2D eigenvalue weighted by Gasteiger charge is -2.55. The molecule has 1 aliphatic heterocycles. The molecule has 33 heavy (non-hydrogen) atoms. The van der Waals surface area contributed by atoms with Crippen molar-refractivity contribution in [3.63, 3.8) is 0 Å². The minimum atomic E-state index is -0.569. The molecule has 2 N–H and O–H groups in total. The van der Waals surface area contributed by atoms with Crippen LogP contribution in [0.1, 0.15) is 157 Å². The van der Waals surface area contributed by atoms with Crippen LogP contribution in [0.2, 0.25) is 0 Å². The first-order valence-electron chi connectivity index (χ1n) is 14.7. The number of aliphatic carboxylic acids is 1. The van der Waals surface area contributed by atoms with Crippen LogP contribution in [0.4, 0.5) is 0 Å². The van der Waals surface area contributed by atoms with E-state index < -0.39 is 5.97 Å². The summed E-state index contributed by atoms with van der Waals surface area (Å²) in [5, 5.41) is 14.0. The van der Waals surface area contributed by atoms with Crippen molar-refractivity contribution in [1.29, 1.82) is 0 Å². The first-order chi connectivity index (χ1) is 15.7. The van der Waals surface area contributed by atoms with Gasteiger partial charge < -0.3 is 10.4 Å². The van der Waals surface area contributed by atoms with Crippen LogP contribution in [0, 0.1) is 17.8 Å². The topological polar surface area (TPSA) is 49.3 Å². The summed E-state index contributed by atoms with van der Waals surface area (Å²) in [5.74, 6) is -0.119. The summed E-state index contributed by atoms with van der Waals surface area (Å²) in [5.41, 5.74) is 0.0715. The normalized spacial score (nSPS) is 28.7. The smallest absolute Gasteiger partial charge is 0.306 e. The van der Waals surface area contributed by atoms with Crippen molar-refractivity contribution in [1.82, 2.24) is 5.32 Å². The number of hydrogen-bond donors (Lipinski definition) is 2. The first kappa shape index (κ1) is 30.5. The molecular weight excluding hydrogens is 406 g/mol. The van der Waals surface area contributed by atoms with Gasteiger partial charge in [-0.05, 0) is 51.4 Å². The summed E-state index contributed by atoms with van der Waals surface area (Å²) < 4.78 is 0. The minimum Gasteiger partial charge on any atom is -0.481 e. The Balaban J connectivity index is 2.30. The first-order valence-corrected chi connectivity index (χ1v) is 14.7. The molecule has 0 bridgehead atoms. The number of carboxylic acid groups (broad SMARTS) is 1. The van der Waals surface area contributed by atoms with Gasteiger partial charge in [-0.2, -0.15) is 0 Å². The standard InChI is InChI=1S/C30H59NO2/c1-7-10-11-12-13-14-15-16-17-18-19-20-21-22-23-26(28(32)33)27-24-29(5,8-2)31-30(6,9-3)25(27)4/h25-27,31H,7-24H2,1-6H3,(H,32,33). The van der Waals surface area contributed by atoms with Crippen LogP contribution >= 0.6 is 0 Å². The van der Waals surface area contributed by atoms with Crippen molar-refractivity contribution >= 4 is 5.97 Å². The van der Waals surface area contributed by atoms with Gasteiger partial charge in [-0.15, -0.1) is 0 Å². The van der Waals surface area contributed by atoms with Gasteiger partial charge in [0.1, 0.15) is 0 Å². The van der Waals surface area contributed by atoms with Gasteiger partial charge in [0.25, 0.3) is 0 Å². The predicted octanol–water partition coefficient (Wildman–Crippen LogP) is 9.14. The number of carbonyl (C=O) groups is 1. The second-order valence-electron chi connectivity index (χ2n) is 11.8. The fourth-order valence-corrected chi connectivity index (χ4v) is 6.24. The Hall–Kier alpha value is -0.570. The molecule has 3 nitrogen and oxygen atoms in total. The van der Waals surface area contributed by atoms with Crippen molar-refractivity contribution in [2.24, 2.45) is 17.8 Å². The zero-order valence-electron chi connectivity index (χ0n) is 23.3. The number of rotatable bonds is 19. The molecule has 0 amide bonds. The Morgan fingerprint density at radius 3 is 1.67 bits per heavy atom. The van der Waals surface area contributed by atoms with Gasteiger partial charge in [-0.3, -0.25) is 4.79 Å². The van der Waals surface area contributed by atoms with E-state index in [4.69, 9.17) is 0 Å². The molecule has 0 aromatic heterocycles. The van der Waals surface area contributed by atoms with E-state index >= 15 is 0 Å². The Morgan fingerprint density at radius 2 is 1.27 bits per heavy atom. The van der Waals surface area contributed by atoms with Gasteiger partial charge >= 0.3 is 5.97 Å². The van der Waals surface area contributed by atoms with Gasteiger partial charge in [0.05, 0.1) is 5.92 Å². The highest BCUT2D eigenvalue weighted by Crippen LogP contribution is 2.45. The lowest BCUT2D eigenvalue weighted by molar-refractivity contribution is -0.147. The van der Waals surface area contributed by atoms with Crippen molar-refractivity contribution < 1.29 is 9.90 Å². The highest BCUT2D eigenvalue weighted by molar-refractivity contribution is 5.70. The Labute approximate surface area is 207 Å². The summed E-state index contributed by atoms with van der Waals surface area (Å²) in [6.07, 6.45) is 22.8. The number of piperidine rings is 1. The molecule has 0 aromatic carbocycles. The Bertz CT molecular complexity index is 521. The molecule has 1 rings (SSSR count). The van der Waals surface area contributed by atoms with Crippen molar-refractivity contribution in [2.75, 3.05) is 0 Å². The third-order valence-corrected chi connectivity index (χ3v) is 9.14. The van der Waals surface area contributed by atoms with Crippen molar-refractivity contribution in [2.45, 2.75) is 168 Å². The molecule has 1 saturated heterocycles. The average Bonchev–Trinajstić information content (AvgIpc) is 2.79. The lowest BCUT2D eigenvalue weighted by Crippen LogP contribution is -2.65. The molecule has 0 saturated carbocycles. The van der Waals surface area contributed by atoms with E-state index in [-0.39, 0.29) is 22.9 Å². The van der Waals surface area contributed by atoms with Gasteiger partial charge in [-0.1, -0.05) is 118 Å². The molecule has 5 unspecified atom stereocenters. The van der Waals surface area contributed by atoms with E-state index in [1.54, 1.807) is 0 Å². The molecule has 0 radical (unpaired) electrons. The molecule has 1 aliphatic rings. The maximum absolute atomic E-state index is 12.3. The van der Waals surface area contributed by atoms with Crippen LogP contribution < -0.4 is 5.32 Å². The Kier molecular flexibility index (Phi) is 14.9. The second-order valence-corrected chi connectivity index (χ2v) is 11.8. The van der Waals surface area contributed by atoms with Crippen molar-refractivity contribution in [3.05, 3.63) is 0 Å². The molecule has 5 atom stereocenters. The zero-order chi connectivity index (χ0) is 24.7. The maximum Gasteiger partial charge on any atom is 0.306 e. The van der Waals surface area contributed by atoms with Gasteiger partial charge in [0, 0.05) is 11.1 Å². The summed E-state index contributed by atoms with van der Waals surface area (Å²) >= 11 is 0. The highest BCUT2D eigenvalue weighted by Gasteiger charge is 2.49. The number of carboxylic acids is 1. The third kappa shape index (κ3) is 10.7. The maximum atomic E-state index is 12.3. The molecular formula is C30H59NO2. The third-order valence-electron chi connectivity index (χ3n) is 9.14. The largest absolute Gasteiger partial charge is 0.481 e. The van der Waals surface area contributed by atoms with Crippen LogP contribution in [-0.2, 0) is 4.79 Å². The monoisotopic (exact) mass is 465 g/mol. The second kappa shape index (κ2) is 16.2. The summed E-state index contributed by atoms with van der Waals surface area (Å²) in [7, 11) is 0. The van der Waals surface area contributed by atoms with E-state index in [1.807, 2.05) is 0 Å². The fourth-order valence-electron chi connectivity index (χ4n) is 6.24. The minimum absolute atomic E-state index is 0.0247. The molecule has 196 valence electrons. The zero-order valence-corrected chi connectivity index (χ0v) is 23.3. The van der Waals surface area contributed by atoms with E-state index in [0.29, 0.717) is 5.92 Å². The van der Waals surface area contributed by atoms with Gasteiger partial charge in [0.15, 0.2) is 0 Å². The van der Waals surface area contributed by atoms with E-state index in [1.165, 1.54) is 83.5 Å².